The molecule has 0 saturated carbocycles. The van der Waals surface area contributed by atoms with E-state index in [0.29, 0.717) is 27.9 Å². The second-order valence-electron chi connectivity index (χ2n) is 11.9. The first-order valence-corrected chi connectivity index (χ1v) is 13.9. The molecule has 1 aliphatic heterocycles. The molecule has 0 amide bonds. The fraction of sp³-hybridized carbons (Fsp3) is 0.552. The first-order valence-electron chi connectivity index (χ1n) is 12.8. The van der Waals surface area contributed by atoms with Crippen LogP contribution in [0.3, 0.4) is 0 Å². The Bertz CT molecular complexity index is 1170. The Hall–Kier alpha value is -2.36. The number of nitrogens with zero attached hydrogens (tertiary/aromatic N) is 1. The van der Waals surface area contributed by atoms with Gasteiger partial charge in [0.15, 0.2) is 29.7 Å². The molecule has 3 aliphatic rings. The van der Waals surface area contributed by atoms with Crippen molar-refractivity contribution >= 4 is 40.1 Å². The summed E-state index contributed by atoms with van der Waals surface area (Å²) in [4.78, 5) is 41.1. The highest BCUT2D eigenvalue weighted by molar-refractivity contribution is 14.1. The normalized spacial score (nSPS) is 21.1. The number of ether oxygens (including phenoxy) is 2. The van der Waals surface area contributed by atoms with Crippen LogP contribution in [-0.2, 0) is 14.4 Å². The molecule has 0 saturated heterocycles. The number of Topliss-reactive ketones (excluding diaryl/α,β-unsaturated/α-hetero) is 2. The molecule has 4 rings (SSSR count). The number of rotatable bonds is 7. The van der Waals surface area contributed by atoms with Crippen molar-refractivity contribution < 1.29 is 29.0 Å². The van der Waals surface area contributed by atoms with Gasteiger partial charge in [-0.2, -0.15) is 0 Å². The van der Waals surface area contributed by atoms with E-state index >= 15 is 0 Å². The smallest absolute Gasteiger partial charge is 0.341 e. The fourth-order valence-corrected chi connectivity index (χ4v) is 6.84. The van der Waals surface area contributed by atoms with Crippen molar-refractivity contribution in [1.82, 2.24) is 4.90 Å². The largest absolute Gasteiger partial charge is 0.493 e. The van der Waals surface area contributed by atoms with Crippen LogP contribution in [0.4, 0.5) is 0 Å². The number of carboxylic acid groups (broad SMARTS) is 1. The van der Waals surface area contributed by atoms with E-state index in [0.717, 1.165) is 53.9 Å². The minimum Gasteiger partial charge on any atom is -0.493 e. The van der Waals surface area contributed by atoms with Gasteiger partial charge in [0, 0.05) is 47.8 Å². The van der Waals surface area contributed by atoms with Gasteiger partial charge < -0.3 is 19.5 Å². The van der Waals surface area contributed by atoms with Gasteiger partial charge >= 0.3 is 5.97 Å². The maximum Gasteiger partial charge on any atom is 0.341 e. The highest BCUT2D eigenvalue weighted by Gasteiger charge is 2.49. The molecule has 0 bridgehead atoms. The standard InChI is InChI=1S/C29H36INO6/c1-7-8-31-18-11-28(2,3)13-20(32)25(18)24(26-19(31)12-29(4,5)14-21(26)33)16-9-17(30)27(22(10-16)36-6)37-15-23(34)35/h9-10,24H,7-8,11-15H2,1-6H3,(H,34,35). The summed E-state index contributed by atoms with van der Waals surface area (Å²) in [5, 5.41) is 9.10. The number of methoxy groups -OCH3 is 1. The lowest BCUT2D eigenvalue weighted by Crippen LogP contribution is -2.44. The van der Waals surface area contributed by atoms with Crippen LogP contribution in [0.5, 0.6) is 11.5 Å². The van der Waals surface area contributed by atoms with E-state index in [2.05, 4.69) is 62.1 Å². The van der Waals surface area contributed by atoms with Gasteiger partial charge in [-0.25, -0.2) is 4.79 Å². The van der Waals surface area contributed by atoms with E-state index < -0.39 is 18.5 Å². The molecule has 0 atom stereocenters. The highest BCUT2D eigenvalue weighted by Crippen LogP contribution is 2.55. The summed E-state index contributed by atoms with van der Waals surface area (Å²) in [6.07, 6.45) is 3.30. The molecule has 0 fully saturated rings. The molecule has 1 aromatic rings. The van der Waals surface area contributed by atoms with Gasteiger partial charge in [-0.3, -0.25) is 9.59 Å². The van der Waals surface area contributed by atoms with Crippen LogP contribution < -0.4 is 9.47 Å². The zero-order valence-corrected chi connectivity index (χ0v) is 24.7. The van der Waals surface area contributed by atoms with Crippen molar-refractivity contribution in [2.45, 2.75) is 72.6 Å². The molecule has 8 heteroatoms. The average Bonchev–Trinajstić information content (AvgIpc) is 2.77. The minimum absolute atomic E-state index is 0.0849. The first kappa shape index (κ1) is 27.7. The highest BCUT2D eigenvalue weighted by atomic mass is 127. The van der Waals surface area contributed by atoms with E-state index in [1.807, 2.05) is 6.07 Å². The van der Waals surface area contributed by atoms with Crippen LogP contribution in [0.1, 0.15) is 78.2 Å². The second-order valence-corrected chi connectivity index (χ2v) is 13.1. The average molecular weight is 622 g/mol. The topological polar surface area (TPSA) is 93.1 Å². The molecule has 200 valence electrons. The third-order valence-corrected chi connectivity index (χ3v) is 8.20. The van der Waals surface area contributed by atoms with Crippen molar-refractivity contribution in [2.75, 3.05) is 20.3 Å². The van der Waals surface area contributed by atoms with Crippen molar-refractivity contribution in [3.8, 4) is 11.5 Å². The zero-order valence-electron chi connectivity index (χ0n) is 22.5. The molecule has 0 unspecified atom stereocenters. The molecule has 1 N–H and O–H groups in total. The number of hydrogen-bond donors (Lipinski definition) is 1. The number of ketones is 2. The summed E-state index contributed by atoms with van der Waals surface area (Å²) in [7, 11) is 1.50. The zero-order chi connectivity index (χ0) is 27.3. The molecule has 1 aromatic carbocycles. The Morgan fingerprint density at radius 3 is 2.03 bits per heavy atom. The number of carbonyl (C=O) groups excluding carboxylic acids is 2. The van der Waals surface area contributed by atoms with E-state index in [1.165, 1.54) is 7.11 Å². The number of aliphatic carboxylic acids is 1. The van der Waals surface area contributed by atoms with Gasteiger partial charge in [-0.05, 0) is 70.4 Å². The van der Waals surface area contributed by atoms with Crippen LogP contribution in [0, 0.1) is 14.4 Å². The predicted molar refractivity (Wildman–Crippen MR) is 149 cm³/mol. The quantitative estimate of drug-likeness (QED) is 0.382. The maximum absolute atomic E-state index is 13.8. The third kappa shape index (κ3) is 5.31. The Labute approximate surface area is 232 Å². The second kappa shape index (κ2) is 10.1. The van der Waals surface area contributed by atoms with Gasteiger partial charge in [0.05, 0.1) is 10.7 Å². The maximum atomic E-state index is 13.8. The number of carboxylic acids is 1. The number of allylic oxidation sites excluding steroid dienone is 4. The lowest BCUT2D eigenvalue weighted by molar-refractivity contribution is -0.139. The summed E-state index contributed by atoms with van der Waals surface area (Å²) >= 11 is 2.10. The van der Waals surface area contributed by atoms with E-state index in [-0.39, 0.29) is 22.4 Å². The van der Waals surface area contributed by atoms with Crippen LogP contribution in [0.2, 0.25) is 0 Å². The molecule has 37 heavy (non-hydrogen) atoms. The predicted octanol–water partition coefficient (Wildman–Crippen LogP) is 5.86. The van der Waals surface area contributed by atoms with Gasteiger partial charge in [0.1, 0.15) is 0 Å². The SMILES string of the molecule is CCCN1C2=C(C(=O)CC(C)(C)C2)C(c2cc(I)c(OCC(=O)O)c(OC)c2)C2=C1CC(C)(C)CC2=O. The monoisotopic (exact) mass is 621 g/mol. The van der Waals surface area contributed by atoms with Crippen LogP contribution in [0.25, 0.3) is 0 Å². The summed E-state index contributed by atoms with van der Waals surface area (Å²) in [6.45, 7) is 10.9. The molecule has 1 heterocycles. The number of carbonyl (C=O) groups is 3. The number of halogens is 1. The Morgan fingerprint density at radius 1 is 1.03 bits per heavy atom. The Kier molecular flexibility index (Phi) is 7.53. The molecule has 2 aliphatic carbocycles. The lowest BCUT2D eigenvalue weighted by atomic mass is 9.63. The molecule has 0 aromatic heterocycles. The van der Waals surface area contributed by atoms with E-state index in [1.54, 1.807) is 6.07 Å². The van der Waals surface area contributed by atoms with Crippen molar-refractivity contribution in [2.24, 2.45) is 10.8 Å². The Morgan fingerprint density at radius 2 is 1.57 bits per heavy atom. The number of benzene rings is 1. The summed E-state index contributed by atoms with van der Waals surface area (Å²) in [6, 6.07) is 3.70. The molecule has 0 spiro atoms. The minimum atomic E-state index is -1.08. The van der Waals surface area contributed by atoms with Crippen LogP contribution in [0.15, 0.2) is 34.7 Å². The summed E-state index contributed by atoms with van der Waals surface area (Å²) in [5.41, 5.74) is 3.98. The van der Waals surface area contributed by atoms with Crippen molar-refractivity contribution in [3.05, 3.63) is 43.8 Å². The summed E-state index contributed by atoms with van der Waals surface area (Å²) in [5.74, 6) is -0.672. The fourth-order valence-electron chi connectivity index (χ4n) is 6.06. The van der Waals surface area contributed by atoms with Gasteiger partial charge in [0.25, 0.3) is 0 Å². The van der Waals surface area contributed by atoms with Crippen molar-refractivity contribution in [3.63, 3.8) is 0 Å². The van der Waals surface area contributed by atoms with E-state index in [4.69, 9.17) is 14.6 Å². The molecular formula is C29H36INO6. The van der Waals surface area contributed by atoms with Gasteiger partial charge in [-0.15, -0.1) is 0 Å². The summed E-state index contributed by atoms with van der Waals surface area (Å²) < 4.78 is 11.8. The lowest BCUT2D eigenvalue weighted by Gasteiger charge is -2.49. The van der Waals surface area contributed by atoms with E-state index in [9.17, 15) is 14.4 Å². The first-order chi connectivity index (χ1) is 17.3. The van der Waals surface area contributed by atoms with Gasteiger partial charge in [0.2, 0.25) is 0 Å². The van der Waals surface area contributed by atoms with Gasteiger partial charge in [-0.1, -0.05) is 34.6 Å². The molecule has 7 nitrogen and oxygen atoms in total. The number of hydrogen-bond acceptors (Lipinski definition) is 6. The van der Waals surface area contributed by atoms with Crippen LogP contribution in [-0.4, -0.2) is 47.8 Å². The third-order valence-electron chi connectivity index (χ3n) is 7.39. The van der Waals surface area contributed by atoms with Crippen LogP contribution >= 0.6 is 22.6 Å². The molecular weight excluding hydrogens is 585 g/mol. The molecule has 0 radical (unpaired) electrons. The van der Waals surface area contributed by atoms with Crippen molar-refractivity contribution in [1.29, 1.82) is 0 Å². The Balaban J connectivity index is 1.97.